The Balaban J connectivity index is 3.15. The van der Waals surface area contributed by atoms with Crippen molar-refractivity contribution in [3.05, 3.63) is 33.8 Å². The minimum atomic E-state index is 0.200. The van der Waals surface area contributed by atoms with Gasteiger partial charge >= 0.3 is 0 Å². The Bertz CT molecular complexity index is 290. The molecule has 1 unspecified atom stereocenters. The predicted octanol–water partition coefficient (Wildman–Crippen LogP) is 2.92. The molecule has 0 saturated heterocycles. The molecule has 2 nitrogen and oxygen atoms in total. The third-order valence-corrected chi connectivity index (χ3v) is 3.12. The highest BCUT2D eigenvalue weighted by Crippen LogP contribution is 2.30. The maximum Gasteiger partial charge on any atom is 0.0496 e. The summed E-state index contributed by atoms with van der Waals surface area (Å²) in [4.78, 5) is 0. The molecule has 0 bridgehead atoms. The summed E-state index contributed by atoms with van der Waals surface area (Å²) in [5.41, 5.74) is 5.38. The second-order valence-electron chi connectivity index (χ2n) is 3.86. The maximum atomic E-state index is 5.57. The van der Waals surface area contributed by atoms with E-state index in [1.54, 1.807) is 0 Å². The smallest absolute Gasteiger partial charge is 0.0496 e. The van der Waals surface area contributed by atoms with Gasteiger partial charge in [-0.3, -0.25) is 11.3 Å². The highest BCUT2D eigenvalue weighted by molar-refractivity contribution is 9.10. The number of nitrogens with two attached hydrogens (primary N) is 1. The van der Waals surface area contributed by atoms with E-state index in [-0.39, 0.29) is 6.04 Å². The lowest BCUT2D eigenvalue weighted by Gasteiger charge is -2.23. The molecule has 0 spiro atoms. The number of aryl methyl sites for hydroxylation is 1. The number of hydrogen-bond donors (Lipinski definition) is 2. The van der Waals surface area contributed by atoms with E-state index >= 15 is 0 Å². The Labute approximate surface area is 94.0 Å². The van der Waals surface area contributed by atoms with Crippen molar-refractivity contribution >= 4 is 15.9 Å². The summed E-state index contributed by atoms with van der Waals surface area (Å²) in [7, 11) is 0. The Morgan fingerprint density at radius 1 is 1.36 bits per heavy atom. The molecule has 3 N–H and O–H groups in total. The molecule has 0 saturated carbocycles. The SMILES string of the molecule is Cc1cccc(Br)c1C(NN)C(C)C. The zero-order valence-electron chi connectivity index (χ0n) is 8.84. The minimum Gasteiger partial charge on any atom is -0.271 e. The summed E-state index contributed by atoms with van der Waals surface area (Å²) in [5, 5.41) is 0. The van der Waals surface area contributed by atoms with Crippen LogP contribution in [0, 0.1) is 12.8 Å². The number of benzene rings is 1. The summed E-state index contributed by atoms with van der Waals surface area (Å²) in [6.07, 6.45) is 0. The normalized spacial score (nSPS) is 13.3. The van der Waals surface area contributed by atoms with E-state index in [1.807, 2.05) is 6.07 Å². The lowest BCUT2D eigenvalue weighted by molar-refractivity contribution is 0.418. The molecule has 0 amide bonds. The molecule has 0 aliphatic heterocycles. The van der Waals surface area contributed by atoms with Crippen molar-refractivity contribution in [2.75, 3.05) is 0 Å². The molecule has 0 fully saturated rings. The monoisotopic (exact) mass is 256 g/mol. The number of hydrazine groups is 1. The minimum absolute atomic E-state index is 0.200. The fourth-order valence-electron chi connectivity index (χ4n) is 1.65. The first-order chi connectivity index (χ1) is 6.57. The fraction of sp³-hybridized carbons (Fsp3) is 0.455. The van der Waals surface area contributed by atoms with Crippen molar-refractivity contribution in [3.63, 3.8) is 0 Å². The quantitative estimate of drug-likeness (QED) is 0.645. The van der Waals surface area contributed by atoms with E-state index in [4.69, 9.17) is 5.84 Å². The molecule has 0 aliphatic rings. The highest BCUT2D eigenvalue weighted by Gasteiger charge is 2.18. The number of hydrogen-bond acceptors (Lipinski definition) is 2. The molecule has 0 aromatic heterocycles. The largest absolute Gasteiger partial charge is 0.271 e. The second kappa shape index (κ2) is 4.91. The van der Waals surface area contributed by atoms with Crippen molar-refractivity contribution in [3.8, 4) is 0 Å². The number of rotatable bonds is 3. The summed E-state index contributed by atoms with van der Waals surface area (Å²) >= 11 is 3.56. The summed E-state index contributed by atoms with van der Waals surface area (Å²) in [6, 6.07) is 6.39. The molecule has 0 radical (unpaired) electrons. The van der Waals surface area contributed by atoms with E-state index in [1.165, 1.54) is 11.1 Å². The van der Waals surface area contributed by atoms with Gasteiger partial charge in [-0.1, -0.05) is 41.9 Å². The molecular weight excluding hydrogens is 240 g/mol. The van der Waals surface area contributed by atoms with Crippen LogP contribution in [-0.4, -0.2) is 0 Å². The van der Waals surface area contributed by atoms with Crippen molar-refractivity contribution in [2.45, 2.75) is 26.8 Å². The van der Waals surface area contributed by atoms with Crippen LogP contribution in [0.1, 0.15) is 31.0 Å². The second-order valence-corrected chi connectivity index (χ2v) is 4.71. The van der Waals surface area contributed by atoms with Gasteiger partial charge in [0.15, 0.2) is 0 Å². The first kappa shape index (κ1) is 11.7. The first-order valence-corrected chi connectivity index (χ1v) is 5.58. The van der Waals surface area contributed by atoms with Gasteiger partial charge in [-0.2, -0.15) is 0 Å². The highest BCUT2D eigenvalue weighted by atomic mass is 79.9. The van der Waals surface area contributed by atoms with Crippen LogP contribution in [0.2, 0.25) is 0 Å². The van der Waals surface area contributed by atoms with Crippen molar-refractivity contribution < 1.29 is 0 Å². The van der Waals surface area contributed by atoms with Crippen molar-refractivity contribution in [1.82, 2.24) is 5.43 Å². The van der Waals surface area contributed by atoms with E-state index in [2.05, 4.69) is 54.3 Å². The van der Waals surface area contributed by atoms with E-state index < -0.39 is 0 Å². The van der Waals surface area contributed by atoms with Gasteiger partial charge < -0.3 is 0 Å². The van der Waals surface area contributed by atoms with E-state index in [9.17, 15) is 0 Å². The average molecular weight is 257 g/mol. The van der Waals surface area contributed by atoms with Gasteiger partial charge in [-0.25, -0.2) is 0 Å². The van der Waals surface area contributed by atoms with Crippen LogP contribution < -0.4 is 11.3 Å². The van der Waals surface area contributed by atoms with Gasteiger partial charge in [0.1, 0.15) is 0 Å². The van der Waals surface area contributed by atoms with Gasteiger partial charge in [0.25, 0.3) is 0 Å². The third kappa shape index (κ3) is 2.35. The number of nitrogens with one attached hydrogen (secondary N) is 1. The van der Waals surface area contributed by atoms with Gasteiger partial charge in [-0.05, 0) is 30.0 Å². The molecule has 14 heavy (non-hydrogen) atoms. The Morgan fingerprint density at radius 2 is 2.00 bits per heavy atom. The van der Waals surface area contributed by atoms with Crippen LogP contribution >= 0.6 is 15.9 Å². The fourth-order valence-corrected chi connectivity index (χ4v) is 2.36. The van der Waals surface area contributed by atoms with Crippen LogP contribution in [-0.2, 0) is 0 Å². The Morgan fingerprint density at radius 3 is 2.43 bits per heavy atom. The zero-order chi connectivity index (χ0) is 10.7. The topological polar surface area (TPSA) is 38.0 Å². The third-order valence-electron chi connectivity index (χ3n) is 2.43. The molecule has 0 heterocycles. The van der Waals surface area contributed by atoms with Crippen LogP contribution in [0.5, 0.6) is 0 Å². The van der Waals surface area contributed by atoms with Crippen molar-refractivity contribution in [1.29, 1.82) is 0 Å². The molecule has 3 heteroatoms. The van der Waals surface area contributed by atoms with Gasteiger partial charge in [0.2, 0.25) is 0 Å². The Hall–Kier alpha value is -0.380. The van der Waals surface area contributed by atoms with Gasteiger partial charge in [0, 0.05) is 10.5 Å². The Kier molecular flexibility index (Phi) is 4.11. The standard InChI is InChI=1S/C11H17BrN2/c1-7(2)11(14-13)10-8(3)5-4-6-9(10)12/h4-7,11,14H,13H2,1-3H3. The summed E-state index contributed by atoms with van der Waals surface area (Å²) < 4.78 is 1.12. The summed E-state index contributed by atoms with van der Waals surface area (Å²) in [6.45, 7) is 6.42. The molecule has 1 rings (SSSR count). The molecule has 1 atom stereocenters. The van der Waals surface area contributed by atoms with Crippen molar-refractivity contribution in [2.24, 2.45) is 11.8 Å². The zero-order valence-corrected chi connectivity index (χ0v) is 10.4. The van der Waals surface area contributed by atoms with Crippen LogP contribution in [0.25, 0.3) is 0 Å². The van der Waals surface area contributed by atoms with Gasteiger partial charge in [0.05, 0.1) is 0 Å². The number of halogens is 1. The van der Waals surface area contributed by atoms with Gasteiger partial charge in [-0.15, -0.1) is 0 Å². The predicted molar refractivity (Wildman–Crippen MR) is 63.8 cm³/mol. The lowest BCUT2D eigenvalue weighted by Crippen LogP contribution is -2.32. The molecule has 0 aliphatic carbocycles. The van der Waals surface area contributed by atoms with Crippen LogP contribution in [0.3, 0.4) is 0 Å². The maximum absolute atomic E-state index is 5.57. The molecule has 78 valence electrons. The average Bonchev–Trinajstić information content (AvgIpc) is 2.10. The van der Waals surface area contributed by atoms with E-state index in [0.717, 1.165) is 4.47 Å². The van der Waals surface area contributed by atoms with Crippen LogP contribution in [0.4, 0.5) is 0 Å². The molecular formula is C11H17BrN2. The first-order valence-electron chi connectivity index (χ1n) is 4.79. The lowest BCUT2D eigenvalue weighted by atomic mass is 9.93. The molecule has 1 aromatic carbocycles. The van der Waals surface area contributed by atoms with E-state index in [0.29, 0.717) is 5.92 Å². The summed E-state index contributed by atoms with van der Waals surface area (Å²) in [5.74, 6) is 6.04. The molecule has 1 aromatic rings. The van der Waals surface area contributed by atoms with Crippen LogP contribution in [0.15, 0.2) is 22.7 Å².